The lowest BCUT2D eigenvalue weighted by Crippen LogP contribution is -2.30. The highest BCUT2D eigenvalue weighted by Gasteiger charge is 2.20. The number of amides is 1. The molecule has 2 rings (SSSR count). The van der Waals surface area contributed by atoms with Crippen LogP contribution in [-0.2, 0) is 19.3 Å². The predicted octanol–water partition coefficient (Wildman–Crippen LogP) is 1.44. The van der Waals surface area contributed by atoms with Crippen LogP contribution < -0.4 is 5.32 Å². The zero-order valence-corrected chi connectivity index (χ0v) is 15.6. The number of nitrogens with one attached hydrogen (secondary N) is 2. The molecule has 0 saturated carbocycles. The molecule has 0 unspecified atom stereocenters. The molecule has 136 valence electrons. The molecule has 25 heavy (non-hydrogen) atoms. The number of carboxylic acid groups (broad SMARTS) is 1. The van der Waals surface area contributed by atoms with Crippen molar-refractivity contribution >= 4 is 42.4 Å². The fraction of sp³-hybridized carbons (Fsp3) is 0.429. The molecule has 0 fully saturated rings. The monoisotopic (exact) mass is 385 g/mol. The van der Waals surface area contributed by atoms with Gasteiger partial charge in [0.05, 0.1) is 21.3 Å². The maximum Gasteiger partial charge on any atom is 0.411 e. The van der Waals surface area contributed by atoms with Gasteiger partial charge in [0.15, 0.2) is 9.84 Å². The van der Waals surface area contributed by atoms with Crippen LogP contribution in [0.15, 0.2) is 23.1 Å². The first-order valence-corrected chi connectivity index (χ1v) is 10.5. The number of rotatable bonds is 9. The van der Waals surface area contributed by atoms with Gasteiger partial charge in [0, 0.05) is 13.2 Å². The summed E-state index contributed by atoms with van der Waals surface area (Å²) < 4.78 is 35.8. The highest BCUT2D eigenvalue weighted by Crippen LogP contribution is 2.20. The molecule has 1 amide bonds. The van der Waals surface area contributed by atoms with E-state index in [4.69, 9.17) is 14.6 Å². The van der Waals surface area contributed by atoms with Crippen LogP contribution in [0.4, 0.5) is 10.7 Å². The molecule has 0 atom stereocenters. The van der Waals surface area contributed by atoms with Crippen LogP contribution in [0.3, 0.4) is 0 Å². The molecule has 0 aliphatic rings. The van der Waals surface area contributed by atoms with Gasteiger partial charge in [0.2, 0.25) is 5.95 Å². The van der Waals surface area contributed by atoms with Crippen molar-refractivity contribution in [2.45, 2.75) is 24.7 Å². The van der Waals surface area contributed by atoms with Gasteiger partial charge in [0.1, 0.15) is 15.4 Å². The van der Waals surface area contributed by atoms with Crippen LogP contribution >= 0.6 is 0 Å². The minimum absolute atomic E-state index is 0.0340. The van der Waals surface area contributed by atoms with Crippen molar-refractivity contribution in [2.24, 2.45) is 0 Å². The molecule has 0 spiro atoms. The highest BCUT2D eigenvalue weighted by molar-refractivity contribution is 7.92. The van der Waals surface area contributed by atoms with E-state index in [2.05, 4.69) is 15.3 Å². The van der Waals surface area contributed by atoms with Crippen LogP contribution in [0.1, 0.15) is 13.8 Å². The summed E-state index contributed by atoms with van der Waals surface area (Å²) in [6.45, 7) is 4.52. The molecule has 0 bridgehead atoms. The summed E-state index contributed by atoms with van der Waals surface area (Å²) >= 11 is 0. The third-order valence-corrected chi connectivity index (χ3v) is 6.94. The SMILES string of the molecule is CCOC(OCC)[Si]CS(=O)(=O)c1ccc2nc(NC(=O)O)[nH]c2c1. The van der Waals surface area contributed by atoms with Gasteiger partial charge in [-0.3, -0.25) is 5.32 Å². The van der Waals surface area contributed by atoms with E-state index in [1.807, 2.05) is 13.8 Å². The van der Waals surface area contributed by atoms with Crippen LogP contribution in [0.2, 0.25) is 0 Å². The molecular formula is C14H19N3O6SSi. The molecule has 1 aromatic heterocycles. The van der Waals surface area contributed by atoms with E-state index in [1.165, 1.54) is 18.2 Å². The number of benzene rings is 1. The molecule has 9 nitrogen and oxygen atoms in total. The van der Waals surface area contributed by atoms with Gasteiger partial charge in [-0.15, -0.1) is 0 Å². The molecule has 0 aliphatic heterocycles. The number of carbonyl (C=O) groups is 1. The molecular weight excluding hydrogens is 366 g/mol. The number of aromatic amines is 1. The maximum atomic E-state index is 12.5. The molecule has 0 saturated heterocycles. The number of imidazole rings is 1. The van der Waals surface area contributed by atoms with Gasteiger partial charge in [-0.1, -0.05) is 0 Å². The van der Waals surface area contributed by atoms with Crippen LogP contribution in [0.25, 0.3) is 11.0 Å². The number of H-pyrrole nitrogens is 1. The van der Waals surface area contributed by atoms with Crippen molar-refractivity contribution in [3.8, 4) is 0 Å². The lowest BCUT2D eigenvalue weighted by molar-refractivity contribution is -0.0824. The molecule has 1 aromatic carbocycles. The van der Waals surface area contributed by atoms with Gasteiger partial charge in [-0.05, 0) is 32.0 Å². The Balaban J connectivity index is 2.16. The molecule has 1 heterocycles. The number of sulfone groups is 1. The van der Waals surface area contributed by atoms with Gasteiger partial charge in [-0.2, -0.15) is 0 Å². The average molecular weight is 385 g/mol. The third kappa shape index (κ3) is 5.26. The number of hydrogen-bond donors (Lipinski definition) is 3. The Bertz CT molecular complexity index is 832. The summed E-state index contributed by atoms with van der Waals surface area (Å²) in [6, 6.07) is 4.41. The number of aromatic nitrogens is 2. The van der Waals surface area contributed by atoms with Crippen molar-refractivity contribution < 1.29 is 27.8 Å². The average Bonchev–Trinajstić information content (AvgIpc) is 2.93. The van der Waals surface area contributed by atoms with E-state index < -0.39 is 21.8 Å². The smallest absolute Gasteiger partial charge is 0.411 e. The van der Waals surface area contributed by atoms with Crippen molar-refractivity contribution in [3.05, 3.63) is 18.2 Å². The summed E-state index contributed by atoms with van der Waals surface area (Å²) in [5, 5.41) is 10.7. The Morgan fingerprint density at radius 1 is 1.36 bits per heavy atom. The Morgan fingerprint density at radius 3 is 2.64 bits per heavy atom. The molecule has 2 radical (unpaired) electrons. The second kappa shape index (κ2) is 8.42. The first-order valence-electron chi connectivity index (χ1n) is 7.54. The van der Waals surface area contributed by atoms with Gasteiger partial charge in [-0.25, -0.2) is 18.2 Å². The summed E-state index contributed by atoms with van der Waals surface area (Å²) in [7, 11) is -3.58. The Kier molecular flexibility index (Phi) is 6.53. The highest BCUT2D eigenvalue weighted by atomic mass is 32.2. The molecule has 0 aliphatic carbocycles. The number of nitrogens with zero attached hydrogens (tertiary/aromatic N) is 1. The number of anilines is 1. The van der Waals surface area contributed by atoms with Gasteiger partial charge in [0.25, 0.3) is 0 Å². The van der Waals surface area contributed by atoms with Gasteiger partial charge >= 0.3 is 6.09 Å². The van der Waals surface area contributed by atoms with Crippen LogP contribution in [-0.4, -0.2) is 63.6 Å². The summed E-state index contributed by atoms with van der Waals surface area (Å²) in [6.07, 6.45) is -1.26. The quantitative estimate of drug-likeness (QED) is 0.440. The second-order valence-electron chi connectivity index (χ2n) is 4.90. The first kappa shape index (κ1) is 19.4. The topological polar surface area (TPSA) is 131 Å². The molecule has 2 aromatic rings. The number of fused-ring (bicyclic) bond motifs is 1. The molecule has 11 heteroatoms. The van der Waals surface area contributed by atoms with Crippen LogP contribution in [0, 0.1) is 0 Å². The lowest BCUT2D eigenvalue weighted by atomic mass is 10.3. The van der Waals surface area contributed by atoms with Gasteiger partial charge < -0.3 is 19.6 Å². The fourth-order valence-corrected chi connectivity index (χ4v) is 5.30. The van der Waals surface area contributed by atoms with Crippen molar-refractivity contribution in [3.63, 3.8) is 0 Å². The van der Waals surface area contributed by atoms with Crippen molar-refractivity contribution in [2.75, 3.05) is 23.9 Å². The van der Waals surface area contributed by atoms with Crippen LogP contribution in [0.5, 0.6) is 0 Å². The lowest BCUT2D eigenvalue weighted by Gasteiger charge is -2.16. The minimum Gasteiger partial charge on any atom is -0.465 e. The van der Waals surface area contributed by atoms with E-state index in [-0.39, 0.29) is 25.7 Å². The van der Waals surface area contributed by atoms with E-state index in [9.17, 15) is 13.2 Å². The first-order chi connectivity index (χ1) is 11.9. The molecule has 3 N–H and O–H groups in total. The predicted molar refractivity (Wildman–Crippen MR) is 92.6 cm³/mol. The third-order valence-electron chi connectivity index (χ3n) is 3.11. The standard InChI is InChI=1S/C14H19N3O6SSi/c1-3-22-14(23-4-2)25-8-24(20,21)9-5-6-10-11(7-9)16-12(15-10)17-13(18)19/h5-7,14H,3-4,8H2,1-2H3,(H,18,19)(H2,15,16,17). The van der Waals surface area contributed by atoms with E-state index in [1.54, 1.807) is 0 Å². The minimum atomic E-state index is -3.53. The second-order valence-corrected chi connectivity index (χ2v) is 8.64. The van der Waals surface area contributed by atoms with E-state index in [0.29, 0.717) is 24.2 Å². The summed E-state index contributed by atoms with van der Waals surface area (Å²) in [5.41, 5.74) is 0.894. The Labute approximate surface area is 147 Å². The van der Waals surface area contributed by atoms with E-state index in [0.717, 1.165) is 0 Å². The summed E-state index contributed by atoms with van der Waals surface area (Å²) in [4.78, 5) is 17.5. The van der Waals surface area contributed by atoms with E-state index >= 15 is 0 Å². The zero-order chi connectivity index (χ0) is 18.4. The zero-order valence-electron chi connectivity index (χ0n) is 13.8. The maximum absolute atomic E-state index is 12.5. The number of ether oxygens (including phenoxy) is 2. The Morgan fingerprint density at radius 2 is 2.04 bits per heavy atom. The number of hydrogen-bond acceptors (Lipinski definition) is 6. The normalized spacial score (nSPS) is 12.0. The Hall–Kier alpha value is -1.95. The van der Waals surface area contributed by atoms with Crippen molar-refractivity contribution in [1.82, 2.24) is 9.97 Å². The largest absolute Gasteiger partial charge is 0.465 e. The van der Waals surface area contributed by atoms with Crippen molar-refractivity contribution in [1.29, 1.82) is 0 Å². The fourth-order valence-electron chi connectivity index (χ4n) is 2.07. The summed E-state index contributed by atoms with van der Waals surface area (Å²) in [5.74, 6) is -0.501.